The number of aldehydes is 1. The number of fused-ring (bicyclic) bond motifs is 1. The maximum Gasteiger partial charge on any atom is 0.166 e. The van der Waals surface area contributed by atoms with Crippen LogP contribution in [0.2, 0.25) is 0 Å². The number of imidazole rings is 1. The molecule has 0 N–H and O–H groups in total. The van der Waals surface area contributed by atoms with Crippen LogP contribution < -0.4 is 0 Å². The summed E-state index contributed by atoms with van der Waals surface area (Å²) in [6.45, 7) is 2.02. The van der Waals surface area contributed by atoms with Crippen LogP contribution in [0.3, 0.4) is 0 Å². The zero-order valence-corrected chi connectivity index (χ0v) is 9.28. The maximum atomic E-state index is 10.8. The molecule has 0 aliphatic carbocycles. The Morgan fingerprint density at radius 3 is 3.00 bits per heavy atom. The van der Waals surface area contributed by atoms with Gasteiger partial charge in [0.15, 0.2) is 6.29 Å². The van der Waals surface area contributed by atoms with E-state index in [0.717, 1.165) is 28.7 Å². The highest BCUT2D eigenvalue weighted by Crippen LogP contribution is 2.20. The molecule has 0 radical (unpaired) electrons. The van der Waals surface area contributed by atoms with Crippen LogP contribution in [-0.2, 0) is 6.42 Å². The quantitative estimate of drug-likeness (QED) is 0.770. The highest BCUT2D eigenvalue weighted by Gasteiger charge is 2.09. The fourth-order valence-corrected chi connectivity index (χ4v) is 2.04. The molecule has 4 heteroatoms. The summed E-state index contributed by atoms with van der Waals surface area (Å²) in [5, 5.41) is 0. The van der Waals surface area contributed by atoms with Crippen molar-refractivity contribution >= 4 is 27.7 Å². The number of hydrogen-bond acceptors (Lipinski definition) is 2. The third kappa shape index (κ3) is 1.26. The highest BCUT2D eigenvalue weighted by molar-refractivity contribution is 9.10. The molecule has 0 bridgehead atoms. The molecule has 0 aromatic carbocycles. The van der Waals surface area contributed by atoms with Crippen molar-refractivity contribution in [2.24, 2.45) is 0 Å². The summed E-state index contributed by atoms with van der Waals surface area (Å²) in [6, 6.07) is 5.57. The first kappa shape index (κ1) is 9.40. The normalized spacial score (nSPS) is 10.7. The maximum absolute atomic E-state index is 10.8. The summed E-state index contributed by atoms with van der Waals surface area (Å²) in [6.07, 6.45) is 1.65. The number of pyridine rings is 1. The van der Waals surface area contributed by atoms with Crippen molar-refractivity contribution in [3.8, 4) is 0 Å². The smallest absolute Gasteiger partial charge is 0.166 e. The zero-order chi connectivity index (χ0) is 10.1. The average molecular weight is 253 g/mol. The first-order valence-electron chi connectivity index (χ1n) is 4.39. The Bertz CT molecular complexity index is 490. The van der Waals surface area contributed by atoms with E-state index >= 15 is 0 Å². The fraction of sp³-hybridized carbons (Fsp3) is 0.200. The zero-order valence-electron chi connectivity index (χ0n) is 7.70. The molecule has 0 amide bonds. The SMILES string of the molecule is CCc1nc(Br)c2cccc(C=O)n12. The Morgan fingerprint density at radius 1 is 1.57 bits per heavy atom. The van der Waals surface area contributed by atoms with Gasteiger partial charge >= 0.3 is 0 Å². The first-order chi connectivity index (χ1) is 6.77. The molecule has 0 fully saturated rings. The molecule has 0 saturated carbocycles. The monoisotopic (exact) mass is 252 g/mol. The van der Waals surface area contributed by atoms with E-state index < -0.39 is 0 Å². The molecular weight excluding hydrogens is 244 g/mol. The molecule has 0 atom stereocenters. The number of hydrogen-bond donors (Lipinski definition) is 0. The van der Waals surface area contributed by atoms with Crippen LogP contribution in [0.1, 0.15) is 23.2 Å². The third-order valence-electron chi connectivity index (χ3n) is 2.15. The Hall–Kier alpha value is -1.16. The van der Waals surface area contributed by atoms with Crippen molar-refractivity contribution in [2.75, 3.05) is 0 Å². The van der Waals surface area contributed by atoms with Gasteiger partial charge in [0, 0.05) is 6.42 Å². The van der Waals surface area contributed by atoms with Gasteiger partial charge in [0.25, 0.3) is 0 Å². The molecular formula is C10H9BrN2O. The van der Waals surface area contributed by atoms with Crippen molar-refractivity contribution in [3.63, 3.8) is 0 Å². The van der Waals surface area contributed by atoms with E-state index in [1.165, 1.54) is 0 Å². The highest BCUT2D eigenvalue weighted by atomic mass is 79.9. The summed E-state index contributed by atoms with van der Waals surface area (Å²) in [4.78, 5) is 15.2. The average Bonchev–Trinajstić information content (AvgIpc) is 2.56. The fourth-order valence-electron chi connectivity index (χ4n) is 1.52. The van der Waals surface area contributed by atoms with Gasteiger partial charge in [0.2, 0.25) is 0 Å². The van der Waals surface area contributed by atoms with Crippen LogP contribution in [-0.4, -0.2) is 15.7 Å². The lowest BCUT2D eigenvalue weighted by molar-refractivity contribution is 0.111. The number of rotatable bonds is 2. The van der Waals surface area contributed by atoms with Gasteiger partial charge in [-0.05, 0) is 28.1 Å². The summed E-state index contributed by atoms with van der Waals surface area (Å²) in [7, 11) is 0. The molecule has 0 aliphatic rings. The summed E-state index contributed by atoms with van der Waals surface area (Å²) in [5.41, 5.74) is 1.57. The van der Waals surface area contributed by atoms with Gasteiger partial charge < -0.3 is 0 Å². The molecule has 0 unspecified atom stereocenters. The summed E-state index contributed by atoms with van der Waals surface area (Å²) >= 11 is 3.37. The minimum Gasteiger partial charge on any atom is -0.296 e. The standard InChI is InChI=1S/C10H9BrN2O/c1-2-9-12-10(11)8-5-3-4-7(6-14)13(8)9/h3-6H,2H2,1H3. The van der Waals surface area contributed by atoms with Gasteiger partial charge in [0.05, 0.1) is 11.2 Å². The van der Waals surface area contributed by atoms with Crippen LogP contribution in [0.4, 0.5) is 0 Å². The number of nitrogens with zero attached hydrogens (tertiary/aromatic N) is 2. The van der Waals surface area contributed by atoms with E-state index in [4.69, 9.17) is 0 Å². The second-order valence-corrected chi connectivity index (χ2v) is 3.71. The molecule has 14 heavy (non-hydrogen) atoms. The molecule has 0 aliphatic heterocycles. The molecule has 0 spiro atoms. The Balaban J connectivity index is 2.89. The van der Waals surface area contributed by atoms with E-state index in [9.17, 15) is 4.79 Å². The van der Waals surface area contributed by atoms with Crippen LogP contribution in [0, 0.1) is 0 Å². The van der Waals surface area contributed by atoms with E-state index in [0.29, 0.717) is 5.69 Å². The van der Waals surface area contributed by atoms with Crippen molar-refractivity contribution in [1.29, 1.82) is 0 Å². The lowest BCUT2D eigenvalue weighted by Crippen LogP contribution is -1.99. The molecule has 3 nitrogen and oxygen atoms in total. The lowest BCUT2D eigenvalue weighted by atomic mass is 10.3. The predicted octanol–water partition coefficient (Wildman–Crippen LogP) is 2.47. The minimum absolute atomic E-state index is 0.637. The van der Waals surface area contributed by atoms with Gasteiger partial charge in [-0.1, -0.05) is 13.0 Å². The first-order valence-corrected chi connectivity index (χ1v) is 5.18. The number of halogens is 1. The lowest BCUT2D eigenvalue weighted by Gasteiger charge is -2.00. The summed E-state index contributed by atoms with van der Waals surface area (Å²) < 4.78 is 2.66. The number of aryl methyl sites for hydroxylation is 1. The number of aromatic nitrogens is 2. The van der Waals surface area contributed by atoms with Crippen molar-refractivity contribution in [3.05, 3.63) is 34.3 Å². The second kappa shape index (κ2) is 3.53. The van der Waals surface area contributed by atoms with Gasteiger partial charge in [-0.15, -0.1) is 0 Å². The third-order valence-corrected chi connectivity index (χ3v) is 2.74. The van der Waals surface area contributed by atoms with Gasteiger partial charge in [-0.2, -0.15) is 0 Å². The van der Waals surface area contributed by atoms with E-state index in [-0.39, 0.29) is 0 Å². The van der Waals surface area contributed by atoms with Crippen LogP contribution in [0.25, 0.3) is 5.52 Å². The number of carbonyl (C=O) groups is 1. The van der Waals surface area contributed by atoms with Gasteiger partial charge in [0.1, 0.15) is 10.4 Å². The molecule has 2 aromatic heterocycles. The second-order valence-electron chi connectivity index (χ2n) is 2.96. The largest absolute Gasteiger partial charge is 0.296 e. The molecule has 0 saturated heterocycles. The Labute approximate surface area is 89.9 Å². The van der Waals surface area contributed by atoms with Crippen LogP contribution in [0.5, 0.6) is 0 Å². The van der Waals surface area contributed by atoms with Crippen molar-refractivity contribution in [2.45, 2.75) is 13.3 Å². The minimum atomic E-state index is 0.637. The Morgan fingerprint density at radius 2 is 2.36 bits per heavy atom. The van der Waals surface area contributed by atoms with E-state index in [2.05, 4.69) is 20.9 Å². The molecule has 72 valence electrons. The molecule has 2 heterocycles. The number of carbonyl (C=O) groups excluding carboxylic acids is 1. The van der Waals surface area contributed by atoms with Crippen LogP contribution >= 0.6 is 15.9 Å². The van der Waals surface area contributed by atoms with Crippen LogP contribution in [0.15, 0.2) is 22.8 Å². The van der Waals surface area contributed by atoms with Crippen molar-refractivity contribution < 1.29 is 4.79 Å². The predicted molar refractivity (Wildman–Crippen MR) is 57.7 cm³/mol. The van der Waals surface area contributed by atoms with E-state index in [1.807, 2.05) is 23.5 Å². The van der Waals surface area contributed by atoms with E-state index in [1.54, 1.807) is 6.07 Å². The van der Waals surface area contributed by atoms with Gasteiger partial charge in [-0.25, -0.2) is 4.98 Å². The van der Waals surface area contributed by atoms with Gasteiger partial charge in [-0.3, -0.25) is 9.20 Å². The van der Waals surface area contributed by atoms with Crippen molar-refractivity contribution in [1.82, 2.24) is 9.38 Å². The Kier molecular flexibility index (Phi) is 2.37. The topological polar surface area (TPSA) is 34.4 Å². The molecule has 2 aromatic rings. The molecule has 2 rings (SSSR count). The summed E-state index contributed by atoms with van der Waals surface area (Å²) in [5.74, 6) is 0.898.